The number of rotatable bonds is 5. The van der Waals surface area contributed by atoms with Crippen LogP contribution in [0, 0.1) is 0 Å². The summed E-state index contributed by atoms with van der Waals surface area (Å²) in [4.78, 5) is 14.2. The first-order valence-corrected chi connectivity index (χ1v) is 7.42. The summed E-state index contributed by atoms with van der Waals surface area (Å²) < 4.78 is 5.58. The molecule has 5 heteroatoms. The van der Waals surface area contributed by atoms with Crippen LogP contribution in [0.5, 0.6) is 0 Å². The van der Waals surface area contributed by atoms with Gasteiger partial charge in [-0.1, -0.05) is 29.8 Å². The maximum Gasteiger partial charge on any atom is 0.225 e. The van der Waals surface area contributed by atoms with E-state index in [9.17, 15) is 4.79 Å². The summed E-state index contributed by atoms with van der Waals surface area (Å²) in [6.45, 7) is 5.49. The van der Waals surface area contributed by atoms with Crippen molar-refractivity contribution < 1.29 is 9.53 Å². The van der Waals surface area contributed by atoms with Gasteiger partial charge in [-0.2, -0.15) is 0 Å². The second-order valence-electron chi connectivity index (χ2n) is 4.90. The molecule has 1 aromatic rings. The van der Waals surface area contributed by atoms with Crippen molar-refractivity contribution in [1.29, 1.82) is 0 Å². The van der Waals surface area contributed by atoms with Gasteiger partial charge in [0.1, 0.15) is 0 Å². The molecule has 1 amide bonds. The molecule has 0 saturated carbocycles. The fraction of sp³-hybridized carbons (Fsp3) is 0.533. The second-order valence-corrected chi connectivity index (χ2v) is 5.31. The summed E-state index contributed by atoms with van der Waals surface area (Å²) in [6, 6.07) is 7.64. The normalized spacial score (nSPS) is 18.8. The third kappa shape index (κ3) is 4.20. The molecule has 20 heavy (non-hydrogen) atoms. The Bertz CT molecular complexity index is 447. The van der Waals surface area contributed by atoms with Crippen molar-refractivity contribution in [3.05, 3.63) is 34.9 Å². The van der Waals surface area contributed by atoms with E-state index in [-0.39, 0.29) is 12.0 Å². The Morgan fingerprint density at radius 3 is 2.95 bits per heavy atom. The van der Waals surface area contributed by atoms with Crippen LogP contribution in [0.3, 0.4) is 0 Å². The molecule has 0 aliphatic carbocycles. The molecular formula is C15H21ClN2O2. The Kier molecular flexibility index (Phi) is 5.83. The number of ether oxygens (including phenoxy) is 1. The van der Waals surface area contributed by atoms with Crippen LogP contribution < -0.4 is 5.32 Å². The number of nitrogens with one attached hydrogen (secondary N) is 1. The molecule has 1 aromatic carbocycles. The van der Waals surface area contributed by atoms with Gasteiger partial charge in [-0.25, -0.2) is 0 Å². The van der Waals surface area contributed by atoms with Gasteiger partial charge in [0, 0.05) is 31.2 Å². The molecule has 110 valence electrons. The third-order valence-corrected chi connectivity index (χ3v) is 3.83. The largest absolute Gasteiger partial charge is 0.375 e. The van der Waals surface area contributed by atoms with Crippen LogP contribution in [0.1, 0.15) is 18.9 Å². The summed E-state index contributed by atoms with van der Waals surface area (Å²) in [6.07, 6.45) is 0.405. The van der Waals surface area contributed by atoms with Crippen molar-refractivity contribution in [2.24, 2.45) is 0 Å². The molecule has 0 spiro atoms. The van der Waals surface area contributed by atoms with Crippen molar-refractivity contribution in [1.82, 2.24) is 10.2 Å². The van der Waals surface area contributed by atoms with E-state index in [1.165, 1.54) is 0 Å². The van der Waals surface area contributed by atoms with E-state index in [2.05, 4.69) is 5.32 Å². The number of hydrogen-bond acceptors (Lipinski definition) is 3. The van der Waals surface area contributed by atoms with Crippen LogP contribution >= 0.6 is 11.6 Å². The lowest BCUT2D eigenvalue weighted by atomic mass is 10.1. The molecule has 2 rings (SSSR count). The fourth-order valence-corrected chi connectivity index (χ4v) is 2.48. The van der Waals surface area contributed by atoms with Gasteiger partial charge in [0.05, 0.1) is 19.1 Å². The van der Waals surface area contributed by atoms with Gasteiger partial charge >= 0.3 is 0 Å². The topological polar surface area (TPSA) is 41.6 Å². The molecule has 1 aliphatic rings. The number of carbonyl (C=O) groups is 1. The van der Waals surface area contributed by atoms with Gasteiger partial charge in [-0.15, -0.1) is 0 Å². The molecular weight excluding hydrogens is 276 g/mol. The highest BCUT2D eigenvalue weighted by molar-refractivity contribution is 6.31. The molecule has 1 saturated heterocycles. The molecule has 0 bridgehead atoms. The van der Waals surface area contributed by atoms with Crippen molar-refractivity contribution in [2.75, 3.05) is 26.2 Å². The van der Waals surface area contributed by atoms with Gasteiger partial charge < -0.3 is 15.0 Å². The van der Waals surface area contributed by atoms with E-state index < -0.39 is 0 Å². The predicted molar refractivity (Wildman–Crippen MR) is 79.8 cm³/mol. The van der Waals surface area contributed by atoms with Crippen LogP contribution in [-0.4, -0.2) is 43.2 Å². The Morgan fingerprint density at radius 1 is 1.50 bits per heavy atom. The standard InChI is InChI=1S/C15H21ClN2O2/c1-2-18(11-12-5-3-4-6-14(12)16)15(19)9-13-10-17-7-8-20-13/h3-6,13,17H,2,7-11H2,1H3. The van der Waals surface area contributed by atoms with Crippen LogP contribution in [0.4, 0.5) is 0 Å². The molecule has 4 nitrogen and oxygen atoms in total. The number of halogens is 1. The predicted octanol–water partition coefficient (Wildman–Crippen LogP) is 2.07. The van der Waals surface area contributed by atoms with Crippen molar-refractivity contribution in [3.8, 4) is 0 Å². The van der Waals surface area contributed by atoms with E-state index in [1.54, 1.807) is 0 Å². The molecule has 0 aromatic heterocycles. The van der Waals surface area contributed by atoms with Crippen molar-refractivity contribution >= 4 is 17.5 Å². The Hall–Kier alpha value is -1.10. The average molecular weight is 297 g/mol. The smallest absolute Gasteiger partial charge is 0.225 e. The summed E-state index contributed by atoms with van der Waals surface area (Å²) in [5.74, 6) is 0.112. The minimum Gasteiger partial charge on any atom is -0.375 e. The lowest BCUT2D eigenvalue weighted by Gasteiger charge is -2.27. The van der Waals surface area contributed by atoms with Crippen LogP contribution in [0.25, 0.3) is 0 Å². The van der Waals surface area contributed by atoms with E-state index >= 15 is 0 Å². The maximum absolute atomic E-state index is 12.3. The summed E-state index contributed by atoms with van der Waals surface area (Å²) in [7, 11) is 0. The molecule has 0 radical (unpaired) electrons. The molecule has 1 aliphatic heterocycles. The highest BCUT2D eigenvalue weighted by atomic mass is 35.5. The lowest BCUT2D eigenvalue weighted by Crippen LogP contribution is -2.42. The molecule has 1 atom stereocenters. The van der Waals surface area contributed by atoms with E-state index in [4.69, 9.17) is 16.3 Å². The van der Waals surface area contributed by atoms with Gasteiger partial charge in [0.15, 0.2) is 0 Å². The first-order valence-electron chi connectivity index (χ1n) is 7.04. The fourth-order valence-electron chi connectivity index (χ4n) is 2.28. The van der Waals surface area contributed by atoms with Crippen molar-refractivity contribution in [2.45, 2.75) is 26.0 Å². The third-order valence-electron chi connectivity index (χ3n) is 3.46. The first-order chi connectivity index (χ1) is 9.70. The van der Waals surface area contributed by atoms with Crippen LogP contribution in [0.2, 0.25) is 5.02 Å². The lowest BCUT2D eigenvalue weighted by molar-refractivity contribution is -0.135. The van der Waals surface area contributed by atoms with Gasteiger partial charge in [0.25, 0.3) is 0 Å². The summed E-state index contributed by atoms with van der Waals surface area (Å²) in [5.41, 5.74) is 0.979. The number of benzene rings is 1. The monoisotopic (exact) mass is 296 g/mol. The zero-order valence-electron chi connectivity index (χ0n) is 11.8. The average Bonchev–Trinajstić information content (AvgIpc) is 2.47. The Labute approximate surface area is 125 Å². The maximum atomic E-state index is 12.3. The molecule has 1 N–H and O–H groups in total. The minimum atomic E-state index is -0.0171. The number of amides is 1. The molecule has 1 fully saturated rings. The highest BCUT2D eigenvalue weighted by Gasteiger charge is 2.21. The van der Waals surface area contributed by atoms with Gasteiger partial charge in [-0.05, 0) is 18.6 Å². The number of nitrogens with zero attached hydrogens (tertiary/aromatic N) is 1. The molecule has 1 heterocycles. The summed E-state index contributed by atoms with van der Waals surface area (Å²) >= 11 is 6.15. The Morgan fingerprint density at radius 2 is 2.30 bits per heavy atom. The Balaban J connectivity index is 1.93. The number of morpholine rings is 1. The summed E-state index contributed by atoms with van der Waals surface area (Å²) in [5, 5.41) is 3.94. The zero-order valence-corrected chi connectivity index (χ0v) is 12.5. The highest BCUT2D eigenvalue weighted by Crippen LogP contribution is 2.18. The van der Waals surface area contributed by atoms with Crippen molar-refractivity contribution in [3.63, 3.8) is 0 Å². The quantitative estimate of drug-likeness (QED) is 0.904. The van der Waals surface area contributed by atoms with Crippen LogP contribution in [-0.2, 0) is 16.1 Å². The first kappa shape index (κ1) is 15.3. The van der Waals surface area contributed by atoms with Gasteiger partial charge in [-0.3, -0.25) is 4.79 Å². The second kappa shape index (κ2) is 7.62. The van der Waals surface area contributed by atoms with E-state index in [0.29, 0.717) is 31.1 Å². The van der Waals surface area contributed by atoms with Crippen LogP contribution in [0.15, 0.2) is 24.3 Å². The van der Waals surface area contributed by atoms with E-state index in [0.717, 1.165) is 18.7 Å². The number of carbonyl (C=O) groups excluding carboxylic acids is 1. The van der Waals surface area contributed by atoms with E-state index in [1.807, 2.05) is 36.1 Å². The van der Waals surface area contributed by atoms with Gasteiger partial charge in [0.2, 0.25) is 5.91 Å². The SMILES string of the molecule is CCN(Cc1ccccc1Cl)C(=O)CC1CNCCO1. The zero-order chi connectivity index (χ0) is 14.4. The number of hydrogen-bond donors (Lipinski definition) is 1. The molecule has 1 unspecified atom stereocenters. The minimum absolute atomic E-state index is 0.0171.